The van der Waals surface area contributed by atoms with Gasteiger partial charge in [-0.3, -0.25) is 0 Å². The number of benzene rings is 1. The Morgan fingerprint density at radius 3 is 3.05 bits per heavy atom. The minimum Gasteiger partial charge on any atom is -0.391 e. The topological polar surface area (TPSA) is 70.4 Å². The van der Waals surface area contributed by atoms with Crippen LogP contribution >= 0.6 is 0 Å². The summed E-state index contributed by atoms with van der Waals surface area (Å²) in [6, 6.07) is 5.53. The highest BCUT2D eigenvalue weighted by atomic mass is 19.1. The molecule has 0 bridgehead atoms. The number of nitrogens with zero attached hydrogens (tertiary/aromatic N) is 3. The zero-order valence-corrected chi connectivity index (χ0v) is 11.9. The van der Waals surface area contributed by atoms with Gasteiger partial charge in [0.1, 0.15) is 5.82 Å². The van der Waals surface area contributed by atoms with Crippen LogP contribution in [0.3, 0.4) is 0 Å². The Kier molecular flexibility index (Phi) is 4.06. The summed E-state index contributed by atoms with van der Waals surface area (Å²) in [7, 11) is 0. The molecule has 1 atom stereocenters. The van der Waals surface area contributed by atoms with Crippen molar-refractivity contribution >= 4 is 11.7 Å². The number of aromatic nitrogens is 2. The van der Waals surface area contributed by atoms with Gasteiger partial charge < -0.3 is 15.3 Å². The Morgan fingerprint density at radius 2 is 2.32 bits per heavy atom. The Hall–Kier alpha value is -2.41. The number of aliphatic hydroxyl groups is 1. The van der Waals surface area contributed by atoms with Crippen molar-refractivity contribution in [3.8, 4) is 5.69 Å². The molecule has 0 saturated carbocycles. The number of anilines is 1. The minimum atomic E-state index is -0.502. The predicted molar refractivity (Wildman–Crippen MR) is 79.4 cm³/mol. The number of β-amino-alcohol motifs (C(OH)–C–C–N with tert-alkyl or cyclic N) is 1. The summed E-state index contributed by atoms with van der Waals surface area (Å²) >= 11 is 0. The Balaban J connectivity index is 1.82. The highest BCUT2D eigenvalue weighted by Crippen LogP contribution is 2.22. The molecule has 22 heavy (non-hydrogen) atoms. The predicted octanol–water partition coefficient (Wildman–Crippen LogP) is 2.00. The zero-order valence-electron chi connectivity index (χ0n) is 11.9. The van der Waals surface area contributed by atoms with E-state index in [4.69, 9.17) is 0 Å². The van der Waals surface area contributed by atoms with Crippen molar-refractivity contribution in [1.29, 1.82) is 0 Å². The van der Waals surface area contributed by atoms with E-state index in [-0.39, 0.29) is 12.6 Å². The van der Waals surface area contributed by atoms with Gasteiger partial charge >= 0.3 is 6.03 Å². The van der Waals surface area contributed by atoms with Crippen LogP contribution in [0.15, 0.2) is 36.7 Å². The summed E-state index contributed by atoms with van der Waals surface area (Å²) in [5, 5.41) is 16.5. The first-order chi connectivity index (χ1) is 10.6. The summed E-state index contributed by atoms with van der Waals surface area (Å²) < 4.78 is 15.1. The highest BCUT2D eigenvalue weighted by Gasteiger charge is 2.22. The van der Waals surface area contributed by atoms with E-state index < -0.39 is 11.9 Å². The van der Waals surface area contributed by atoms with Crippen molar-refractivity contribution in [2.45, 2.75) is 18.9 Å². The van der Waals surface area contributed by atoms with Crippen molar-refractivity contribution in [2.75, 3.05) is 18.4 Å². The fourth-order valence-electron chi connectivity index (χ4n) is 2.55. The third-order valence-corrected chi connectivity index (χ3v) is 3.64. The van der Waals surface area contributed by atoms with Crippen LogP contribution in [0.4, 0.5) is 14.9 Å². The lowest BCUT2D eigenvalue weighted by atomic mass is 10.1. The Bertz CT molecular complexity index is 660. The van der Waals surface area contributed by atoms with Crippen molar-refractivity contribution in [2.24, 2.45) is 0 Å². The van der Waals surface area contributed by atoms with Gasteiger partial charge in [0.05, 0.1) is 17.5 Å². The number of aliphatic hydroxyl groups excluding tert-OH is 1. The molecule has 2 aromatic rings. The molecule has 0 aliphatic carbocycles. The van der Waals surface area contributed by atoms with E-state index in [1.807, 2.05) is 0 Å². The van der Waals surface area contributed by atoms with Gasteiger partial charge in [0.2, 0.25) is 0 Å². The van der Waals surface area contributed by atoms with Crippen LogP contribution in [0.5, 0.6) is 0 Å². The second-order valence-electron chi connectivity index (χ2n) is 5.28. The minimum absolute atomic E-state index is 0.290. The number of carbonyl (C=O) groups excluding carboxylic acids is 1. The first-order valence-corrected chi connectivity index (χ1v) is 7.17. The van der Waals surface area contributed by atoms with E-state index in [0.29, 0.717) is 24.3 Å². The number of halogens is 1. The van der Waals surface area contributed by atoms with E-state index in [0.717, 1.165) is 6.42 Å². The molecular formula is C15H17FN4O2. The molecule has 0 unspecified atom stereocenters. The van der Waals surface area contributed by atoms with Crippen LogP contribution in [0.1, 0.15) is 12.8 Å². The Labute approximate surface area is 127 Å². The van der Waals surface area contributed by atoms with Crippen LogP contribution in [0.2, 0.25) is 0 Å². The lowest BCUT2D eigenvalue weighted by Crippen LogP contribution is -2.44. The molecule has 2 N–H and O–H groups in total. The molecule has 1 aliphatic heterocycles. The molecule has 1 saturated heterocycles. The van der Waals surface area contributed by atoms with Crippen LogP contribution in [0, 0.1) is 5.82 Å². The number of hydrogen-bond donors (Lipinski definition) is 2. The van der Waals surface area contributed by atoms with E-state index in [2.05, 4.69) is 10.4 Å². The Morgan fingerprint density at radius 1 is 1.45 bits per heavy atom. The number of piperidine rings is 1. The monoisotopic (exact) mass is 304 g/mol. The van der Waals surface area contributed by atoms with Gasteiger partial charge in [-0.05, 0) is 37.1 Å². The quantitative estimate of drug-likeness (QED) is 0.891. The molecule has 0 spiro atoms. The van der Waals surface area contributed by atoms with Crippen molar-refractivity contribution in [3.63, 3.8) is 0 Å². The van der Waals surface area contributed by atoms with E-state index in [1.54, 1.807) is 29.2 Å². The van der Waals surface area contributed by atoms with Crippen molar-refractivity contribution in [1.82, 2.24) is 14.7 Å². The van der Waals surface area contributed by atoms with Gasteiger partial charge in [0.25, 0.3) is 0 Å². The van der Waals surface area contributed by atoms with Crippen LogP contribution in [0.25, 0.3) is 5.69 Å². The van der Waals surface area contributed by atoms with Gasteiger partial charge in [-0.1, -0.05) is 0 Å². The number of likely N-dealkylation sites (tertiary alicyclic amines) is 1. The van der Waals surface area contributed by atoms with Gasteiger partial charge in [-0.15, -0.1) is 0 Å². The second kappa shape index (κ2) is 6.15. The molecule has 6 nitrogen and oxygen atoms in total. The molecule has 7 heteroatoms. The lowest BCUT2D eigenvalue weighted by Gasteiger charge is -2.30. The molecule has 3 rings (SSSR count). The van der Waals surface area contributed by atoms with Crippen LogP contribution in [-0.4, -0.2) is 45.0 Å². The SMILES string of the molecule is O=C(Nc1cc(F)ccc1-n1cccn1)N1CCC[C@H](O)C1. The average molecular weight is 304 g/mol. The number of rotatable bonds is 2. The summed E-state index contributed by atoms with van der Waals surface area (Å²) in [4.78, 5) is 13.8. The summed E-state index contributed by atoms with van der Waals surface area (Å²) in [6.07, 6.45) is 4.27. The second-order valence-corrected chi connectivity index (χ2v) is 5.28. The molecule has 2 amide bonds. The third kappa shape index (κ3) is 3.09. The van der Waals surface area contributed by atoms with E-state index in [1.165, 1.54) is 17.0 Å². The standard InChI is InChI=1S/C15H17FN4O2/c16-11-4-5-14(20-8-2-6-17-20)13(9-11)18-15(22)19-7-1-3-12(21)10-19/h2,4-6,8-9,12,21H,1,3,7,10H2,(H,18,22)/t12-/m0/s1. The molecule has 116 valence electrons. The van der Waals surface area contributed by atoms with Crippen molar-refractivity contribution < 1.29 is 14.3 Å². The van der Waals surface area contributed by atoms with Gasteiger partial charge in [-0.25, -0.2) is 13.9 Å². The van der Waals surface area contributed by atoms with Gasteiger partial charge in [0.15, 0.2) is 0 Å². The molecule has 0 radical (unpaired) electrons. The summed E-state index contributed by atoms with van der Waals surface area (Å²) in [5.41, 5.74) is 0.922. The molecule has 1 aromatic heterocycles. The van der Waals surface area contributed by atoms with Crippen LogP contribution in [-0.2, 0) is 0 Å². The molecule has 2 heterocycles. The van der Waals surface area contributed by atoms with E-state index in [9.17, 15) is 14.3 Å². The maximum absolute atomic E-state index is 13.5. The van der Waals surface area contributed by atoms with Gasteiger partial charge in [0, 0.05) is 25.5 Å². The molecule has 1 fully saturated rings. The zero-order chi connectivity index (χ0) is 15.5. The largest absolute Gasteiger partial charge is 0.391 e. The number of urea groups is 1. The maximum atomic E-state index is 13.5. The maximum Gasteiger partial charge on any atom is 0.321 e. The average Bonchev–Trinajstić information content (AvgIpc) is 3.01. The normalized spacial score (nSPS) is 18.3. The molecule has 1 aromatic carbocycles. The third-order valence-electron chi connectivity index (χ3n) is 3.64. The number of amides is 2. The lowest BCUT2D eigenvalue weighted by molar-refractivity contribution is 0.0883. The van der Waals surface area contributed by atoms with E-state index >= 15 is 0 Å². The number of carbonyl (C=O) groups is 1. The first-order valence-electron chi connectivity index (χ1n) is 7.17. The fraction of sp³-hybridized carbons (Fsp3) is 0.333. The number of hydrogen-bond acceptors (Lipinski definition) is 3. The highest BCUT2D eigenvalue weighted by molar-refractivity contribution is 5.91. The molecule has 1 aliphatic rings. The number of nitrogens with one attached hydrogen (secondary N) is 1. The van der Waals surface area contributed by atoms with Crippen LogP contribution < -0.4 is 5.32 Å². The summed E-state index contributed by atoms with van der Waals surface area (Å²) in [5.74, 6) is -0.440. The first kappa shape index (κ1) is 14.5. The van der Waals surface area contributed by atoms with Crippen molar-refractivity contribution in [3.05, 3.63) is 42.5 Å². The smallest absolute Gasteiger partial charge is 0.321 e. The molecular weight excluding hydrogens is 287 g/mol. The summed E-state index contributed by atoms with van der Waals surface area (Å²) in [6.45, 7) is 0.869. The fourth-order valence-corrected chi connectivity index (χ4v) is 2.55. The van der Waals surface area contributed by atoms with Gasteiger partial charge in [-0.2, -0.15) is 5.10 Å².